The number of hydrogen-bond acceptors (Lipinski definition) is 3. The van der Waals surface area contributed by atoms with Gasteiger partial charge in [-0.1, -0.05) is 40.2 Å². The second-order valence-electron chi connectivity index (χ2n) is 6.23. The summed E-state index contributed by atoms with van der Waals surface area (Å²) in [5.74, 6) is 0.932. The number of aryl methyl sites for hydroxylation is 1. The number of hydrogen-bond donors (Lipinski definition) is 1. The molecule has 0 amide bonds. The minimum absolute atomic E-state index is 0.355. The Kier molecular flexibility index (Phi) is 6.30. The molecule has 1 fully saturated rings. The average Bonchev–Trinajstić information content (AvgIpc) is 3.09. The molecule has 4 heteroatoms. The zero-order valence-electron chi connectivity index (χ0n) is 14.1. The van der Waals surface area contributed by atoms with Gasteiger partial charge >= 0.3 is 0 Å². The molecule has 0 bridgehead atoms. The van der Waals surface area contributed by atoms with Crippen LogP contribution >= 0.6 is 15.9 Å². The topological polar surface area (TPSA) is 30.5 Å². The summed E-state index contributed by atoms with van der Waals surface area (Å²) in [5, 5.41) is 3.49. The molecule has 1 atom stereocenters. The lowest BCUT2D eigenvalue weighted by Gasteiger charge is -2.15. The van der Waals surface area contributed by atoms with Crippen molar-refractivity contribution < 1.29 is 9.47 Å². The van der Waals surface area contributed by atoms with Gasteiger partial charge in [-0.2, -0.15) is 0 Å². The Morgan fingerprint density at radius 3 is 2.88 bits per heavy atom. The van der Waals surface area contributed by atoms with Gasteiger partial charge in [0.2, 0.25) is 0 Å². The Labute approximate surface area is 152 Å². The highest BCUT2D eigenvalue weighted by molar-refractivity contribution is 9.10. The Hall–Kier alpha value is -1.36. The molecule has 0 aromatic heterocycles. The van der Waals surface area contributed by atoms with E-state index in [1.165, 1.54) is 17.5 Å². The number of halogens is 1. The molecule has 24 heavy (non-hydrogen) atoms. The molecular formula is C20H24BrNO2. The molecule has 0 radical (unpaired) electrons. The molecule has 2 aromatic carbocycles. The summed E-state index contributed by atoms with van der Waals surface area (Å²) < 4.78 is 12.8. The molecule has 128 valence electrons. The Balaban J connectivity index is 1.60. The predicted octanol–water partition coefficient (Wildman–Crippen LogP) is 4.61. The van der Waals surface area contributed by atoms with Crippen LogP contribution < -0.4 is 10.1 Å². The maximum atomic E-state index is 6.09. The van der Waals surface area contributed by atoms with Gasteiger partial charge in [-0.05, 0) is 49.1 Å². The van der Waals surface area contributed by atoms with Crippen molar-refractivity contribution in [2.45, 2.75) is 39.0 Å². The average molecular weight is 390 g/mol. The molecular weight excluding hydrogens is 366 g/mol. The van der Waals surface area contributed by atoms with Crippen LogP contribution in [-0.4, -0.2) is 19.3 Å². The normalized spacial score (nSPS) is 17.2. The second kappa shape index (κ2) is 8.65. The molecule has 0 spiro atoms. The summed E-state index contributed by atoms with van der Waals surface area (Å²) >= 11 is 3.55. The highest BCUT2D eigenvalue weighted by atomic mass is 79.9. The van der Waals surface area contributed by atoms with Crippen molar-refractivity contribution in [2.75, 3.05) is 13.2 Å². The Bertz CT molecular complexity index is 668. The lowest BCUT2D eigenvalue weighted by molar-refractivity contribution is 0.110. The number of rotatable bonds is 7. The first-order valence-corrected chi connectivity index (χ1v) is 9.30. The Morgan fingerprint density at radius 1 is 1.21 bits per heavy atom. The van der Waals surface area contributed by atoms with Gasteiger partial charge in [0.25, 0.3) is 0 Å². The quantitative estimate of drug-likeness (QED) is 0.749. The number of benzene rings is 2. The minimum Gasteiger partial charge on any atom is -0.489 e. The summed E-state index contributed by atoms with van der Waals surface area (Å²) in [4.78, 5) is 0. The lowest BCUT2D eigenvalue weighted by atomic mass is 10.1. The first-order chi connectivity index (χ1) is 11.7. The van der Waals surface area contributed by atoms with E-state index >= 15 is 0 Å². The van der Waals surface area contributed by atoms with E-state index in [1.807, 2.05) is 12.1 Å². The molecule has 3 nitrogen and oxygen atoms in total. The van der Waals surface area contributed by atoms with E-state index in [0.29, 0.717) is 12.7 Å². The van der Waals surface area contributed by atoms with Gasteiger partial charge in [0.15, 0.2) is 0 Å². The van der Waals surface area contributed by atoms with Crippen molar-refractivity contribution in [3.8, 4) is 5.75 Å². The van der Waals surface area contributed by atoms with E-state index in [9.17, 15) is 0 Å². The van der Waals surface area contributed by atoms with Crippen LogP contribution in [0.15, 0.2) is 46.9 Å². The van der Waals surface area contributed by atoms with Crippen LogP contribution in [0.2, 0.25) is 0 Å². The SMILES string of the molecule is Cc1ccccc1COc1ccc(Br)cc1CNC[C@H]1CCCO1. The van der Waals surface area contributed by atoms with Gasteiger partial charge in [-0.25, -0.2) is 0 Å². The summed E-state index contributed by atoms with van der Waals surface area (Å²) in [7, 11) is 0. The van der Waals surface area contributed by atoms with Crippen LogP contribution in [-0.2, 0) is 17.9 Å². The van der Waals surface area contributed by atoms with Crippen LogP contribution in [0.5, 0.6) is 5.75 Å². The molecule has 3 rings (SSSR count). The van der Waals surface area contributed by atoms with Gasteiger partial charge < -0.3 is 14.8 Å². The van der Waals surface area contributed by atoms with Crippen LogP contribution in [0.25, 0.3) is 0 Å². The van der Waals surface area contributed by atoms with Crippen molar-refractivity contribution in [3.63, 3.8) is 0 Å². The van der Waals surface area contributed by atoms with E-state index in [1.54, 1.807) is 0 Å². The van der Waals surface area contributed by atoms with E-state index in [-0.39, 0.29) is 0 Å². The van der Waals surface area contributed by atoms with Gasteiger partial charge in [-0.3, -0.25) is 0 Å². The smallest absolute Gasteiger partial charge is 0.124 e. The maximum Gasteiger partial charge on any atom is 0.124 e. The van der Waals surface area contributed by atoms with Gasteiger partial charge in [-0.15, -0.1) is 0 Å². The first-order valence-electron chi connectivity index (χ1n) is 8.50. The van der Waals surface area contributed by atoms with E-state index in [0.717, 1.165) is 41.9 Å². The highest BCUT2D eigenvalue weighted by Crippen LogP contribution is 2.24. The van der Waals surface area contributed by atoms with Crippen LogP contribution in [0, 0.1) is 6.92 Å². The monoisotopic (exact) mass is 389 g/mol. The van der Waals surface area contributed by atoms with Crippen molar-refractivity contribution in [1.29, 1.82) is 0 Å². The van der Waals surface area contributed by atoms with Crippen LogP contribution in [0.3, 0.4) is 0 Å². The third kappa shape index (κ3) is 4.82. The molecule has 1 heterocycles. The summed E-state index contributed by atoms with van der Waals surface area (Å²) in [5.41, 5.74) is 3.64. The van der Waals surface area contributed by atoms with Crippen molar-refractivity contribution in [2.24, 2.45) is 0 Å². The largest absolute Gasteiger partial charge is 0.489 e. The molecule has 1 aliphatic heterocycles. The first kappa shape index (κ1) is 17.5. The van der Waals surface area contributed by atoms with E-state index in [4.69, 9.17) is 9.47 Å². The molecule has 1 aliphatic rings. The fraction of sp³-hybridized carbons (Fsp3) is 0.400. The third-order valence-corrected chi connectivity index (χ3v) is 4.87. The molecule has 2 aromatic rings. The zero-order chi connectivity index (χ0) is 16.8. The number of nitrogens with one attached hydrogen (secondary N) is 1. The zero-order valence-corrected chi connectivity index (χ0v) is 15.6. The minimum atomic E-state index is 0.355. The molecule has 0 saturated carbocycles. The van der Waals surface area contributed by atoms with Gasteiger partial charge in [0.05, 0.1) is 6.10 Å². The second-order valence-corrected chi connectivity index (χ2v) is 7.15. The van der Waals surface area contributed by atoms with Crippen molar-refractivity contribution in [3.05, 3.63) is 63.6 Å². The standard InChI is InChI=1S/C20H24BrNO2/c1-15-5-2-3-6-16(15)14-24-20-9-8-18(21)11-17(20)12-22-13-19-7-4-10-23-19/h2-3,5-6,8-9,11,19,22H,4,7,10,12-14H2,1H3/t19-/m1/s1. The predicted molar refractivity (Wildman–Crippen MR) is 100 cm³/mol. The molecule has 0 unspecified atom stereocenters. The maximum absolute atomic E-state index is 6.09. The fourth-order valence-electron chi connectivity index (χ4n) is 2.93. The van der Waals surface area contributed by atoms with E-state index < -0.39 is 0 Å². The highest BCUT2D eigenvalue weighted by Gasteiger charge is 2.15. The van der Waals surface area contributed by atoms with Gasteiger partial charge in [0, 0.05) is 29.7 Å². The summed E-state index contributed by atoms with van der Waals surface area (Å²) in [6.07, 6.45) is 2.68. The summed E-state index contributed by atoms with van der Waals surface area (Å²) in [6.45, 7) is 5.28. The Morgan fingerprint density at radius 2 is 2.08 bits per heavy atom. The molecule has 1 saturated heterocycles. The number of ether oxygens (including phenoxy) is 2. The van der Waals surface area contributed by atoms with Crippen LogP contribution in [0.1, 0.15) is 29.5 Å². The lowest BCUT2D eigenvalue weighted by Crippen LogP contribution is -2.26. The third-order valence-electron chi connectivity index (χ3n) is 4.38. The van der Waals surface area contributed by atoms with E-state index in [2.05, 4.69) is 58.5 Å². The fourth-order valence-corrected chi connectivity index (χ4v) is 3.34. The van der Waals surface area contributed by atoms with Crippen LogP contribution in [0.4, 0.5) is 0 Å². The van der Waals surface area contributed by atoms with Gasteiger partial charge in [0.1, 0.15) is 12.4 Å². The molecule has 0 aliphatic carbocycles. The summed E-state index contributed by atoms with van der Waals surface area (Å²) in [6, 6.07) is 14.5. The van der Waals surface area contributed by atoms with Crippen molar-refractivity contribution in [1.82, 2.24) is 5.32 Å². The van der Waals surface area contributed by atoms with Crippen molar-refractivity contribution >= 4 is 15.9 Å². The molecule has 1 N–H and O–H groups in total.